The van der Waals surface area contributed by atoms with Crippen LogP contribution in [-0.2, 0) is 4.79 Å². The number of carbonyl (C=O) groups is 1. The summed E-state index contributed by atoms with van der Waals surface area (Å²) >= 11 is 5.72. The van der Waals surface area contributed by atoms with Gasteiger partial charge in [0, 0.05) is 0 Å². The first-order valence-electron chi connectivity index (χ1n) is 3.30. The van der Waals surface area contributed by atoms with Gasteiger partial charge in [0.05, 0.1) is 0 Å². The lowest BCUT2D eigenvalue weighted by Crippen LogP contribution is -2.23. The largest absolute Gasteiger partial charge is 0.354 e. The van der Waals surface area contributed by atoms with Crippen LogP contribution >= 0.6 is 11.6 Å². The number of rotatable bonds is 1. The summed E-state index contributed by atoms with van der Waals surface area (Å²) < 4.78 is 0. The maximum Gasteiger partial charge on any atom is 0.162 e. The first-order valence-corrected chi connectivity index (χ1v) is 3.68. The van der Waals surface area contributed by atoms with Gasteiger partial charge in [-0.3, -0.25) is 4.79 Å². The summed E-state index contributed by atoms with van der Waals surface area (Å²) in [7, 11) is 0. The van der Waals surface area contributed by atoms with E-state index >= 15 is 0 Å². The van der Waals surface area contributed by atoms with Gasteiger partial charge in [0.15, 0.2) is 23.4 Å². The van der Waals surface area contributed by atoms with Crippen molar-refractivity contribution in [1.82, 2.24) is 9.97 Å². The normalized spacial score (nSPS) is 19.2. The van der Waals surface area contributed by atoms with E-state index < -0.39 is 6.17 Å². The Hall–Kier alpha value is -1.36. The predicted octanol–water partition coefficient (Wildman–Crippen LogP) is 0.492. The average molecular weight is 185 g/mol. The predicted molar refractivity (Wildman–Crippen MR) is 44.1 cm³/mol. The van der Waals surface area contributed by atoms with Crippen molar-refractivity contribution in [3.05, 3.63) is 11.5 Å². The van der Waals surface area contributed by atoms with Crippen molar-refractivity contribution in [2.45, 2.75) is 6.17 Å². The highest BCUT2D eigenvalue weighted by Gasteiger charge is 2.22. The van der Waals surface area contributed by atoms with Crippen LogP contribution in [0.15, 0.2) is 6.33 Å². The molecule has 0 aromatic carbocycles. The number of hydrogen-bond donors (Lipinski definition) is 2. The third-order valence-electron chi connectivity index (χ3n) is 1.53. The van der Waals surface area contributed by atoms with Crippen molar-refractivity contribution in [1.29, 1.82) is 0 Å². The zero-order chi connectivity index (χ0) is 8.55. The molecule has 0 fully saturated rings. The maximum atomic E-state index is 10.4. The quantitative estimate of drug-likeness (QED) is 0.491. The van der Waals surface area contributed by atoms with E-state index in [4.69, 9.17) is 11.6 Å². The molecular weight excluding hydrogens is 180 g/mol. The Bertz CT molecular complexity index is 329. The first-order chi connectivity index (χ1) is 5.81. The van der Waals surface area contributed by atoms with Crippen LogP contribution in [0.2, 0.25) is 5.15 Å². The molecular formula is C6H5ClN4O. The highest BCUT2D eigenvalue weighted by Crippen LogP contribution is 2.30. The van der Waals surface area contributed by atoms with Crippen LogP contribution in [0, 0.1) is 0 Å². The molecule has 2 rings (SSSR count). The number of nitrogens with zero attached hydrogens (tertiary/aromatic N) is 2. The molecule has 2 N–H and O–H groups in total. The minimum atomic E-state index is -0.450. The van der Waals surface area contributed by atoms with Crippen LogP contribution in [-0.4, -0.2) is 22.4 Å². The lowest BCUT2D eigenvalue weighted by Gasteiger charge is -2.00. The van der Waals surface area contributed by atoms with E-state index in [0.29, 0.717) is 16.7 Å². The van der Waals surface area contributed by atoms with Crippen molar-refractivity contribution >= 4 is 29.4 Å². The fourth-order valence-corrected chi connectivity index (χ4v) is 1.20. The van der Waals surface area contributed by atoms with Gasteiger partial charge in [0.25, 0.3) is 0 Å². The van der Waals surface area contributed by atoms with Gasteiger partial charge in [0.2, 0.25) is 0 Å². The van der Waals surface area contributed by atoms with Crippen molar-refractivity contribution in [3.63, 3.8) is 0 Å². The Kier molecular flexibility index (Phi) is 1.58. The van der Waals surface area contributed by atoms with Gasteiger partial charge in [-0.25, -0.2) is 9.97 Å². The molecule has 1 aromatic rings. The number of aromatic nitrogens is 2. The number of halogens is 1. The van der Waals surface area contributed by atoms with Gasteiger partial charge in [-0.15, -0.1) is 0 Å². The van der Waals surface area contributed by atoms with Gasteiger partial charge < -0.3 is 10.6 Å². The summed E-state index contributed by atoms with van der Waals surface area (Å²) in [5, 5.41) is 5.94. The smallest absolute Gasteiger partial charge is 0.162 e. The van der Waals surface area contributed by atoms with Crippen molar-refractivity contribution in [3.8, 4) is 0 Å². The van der Waals surface area contributed by atoms with E-state index in [1.54, 1.807) is 0 Å². The molecule has 1 aliphatic heterocycles. The summed E-state index contributed by atoms with van der Waals surface area (Å²) in [4.78, 5) is 18.0. The molecule has 62 valence electrons. The summed E-state index contributed by atoms with van der Waals surface area (Å²) in [6, 6.07) is 0. The maximum absolute atomic E-state index is 10.4. The minimum absolute atomic E-state index is 0.317. The third-order valence-corrected chi connectivity index (χ3v) is 1.82. The fraction of sp³-hybridized carbons (Fsp3) is 0.167. The second-order valence-electron chi connectivity index (χ2n) is 2.29. The Morgan fingerprint density at radius 2 is 2.33 bits per heavy atom. The van der Waals surface area contributed by atoms with Crippen LogP contribution < -0.4 is 10.6 Å². The molecule has 2 heterocycles. The van der Waals surface area contributed by atoms with Gasteiger partial charge in [-0.1, -0.05) is 11.6 Å². The Labute approximate surface area is 73.2 Å². The molecule has 6 heteroatoms. The number of carbonyl (C=O) groups excluding carboxylic acids is 1. The van der Waals surface area contributed by atoms with E-state index in [2.05, 4.69) is 20.6 Å². The first kappa shape index (κ1) is 7.30. The molecule has 0 saturated carbocycles. The number of aldehydes is 1. The second kappa shape index (κ2) is 2.60. The summed E-state index contributed by atoms with van der Waals surface area (Å²) in [6.07, 6.45) is 1.62. The highest BCUT2D eigenvalue weighted by atomic mass is 35.5. The number of nitrogens with one attached hydrogen (secondary N) is 2. The Morgan fingerprint density at radius 1 is 1.50 bits per heavy atom. The molecule has 12 heavy (non-hydrogen) atoms. The standard InChI is InChI=1S/C6H5ClN4O/c7-5-4-6(9-2-8-5)11-3(1-12)10-4/h1-3,10H,(H,8,9,11). The van der Waals surface area contributed by atoms with Crippen LogP contribution in [0.25, 0.3) is 0 Å². The van der Waals surface area contributed by atoms with Gasteiger partial charge in [0.1, 0.15) is 12.0 Å². The van der Waals surface area contributed by atoms with Crippen molar-refractivity contribution in [2.24, 2.45) is 0 Å². The molecule has 1 aliphatic rings. The lowest BCUT2D eigenvalue weighted by molar-refractivity contribution is -0.107. The van der Waals surface area contributed by atoms with Crippen LogP contribution in [0.5, 0.6) is 0 Å². The fourth-order valence-electron chi connectivity index (χ4n) is 1.01. The summed E-state index contributed by atoms with van der Waals surface area (Å²) in [5.41, 5.74) is 0.580. The van der Waals surface area contributed by atoms with E-state index in [9.17, 15) is 4.79 Å². The Morgan fingerprint density at radius 3 is 3.00 bits per heavy atom. The summed E-state index contributed by atoms with van der Waals surface area (Å²) in [5.74, 6) is 0.562. The molecule has 1 unspecified atom stereocenters. The number of anilines is 2. The lowest BCUT2D eigenvalue weighted by atomic mass is 10.5. The summed E-state index contributed by atoms with van der Waals surface area (Å²) in [6.45, 7) is 0. The third kappa shape index (κ3) is 0.984. The van der Waals surface area contributed by atoms with Gasteiger partial charge in [-0.05, 0) is 0 Å². The van der Waals surface area contributed by atoms with E-state index in [-0.39, 0.29) is 0 Å². The Balaban J connectivity index is 2.41. The molecule has 0 saturated heterocycles. The van der Waals surface area contributed by atoms with Crippen LogP contribution in [0.3, 0.4) is 0 Å². The molecule has 0 spiro atoms. The molecule has 0 radical (unpaired) electrons. The number of hydrogen-bond acceptors (Lipinski definition) is 5. The van der Waals surface area contributed by atoms with Crippen molar-refractivity contribution < 1.29 is 4.79 Å². The number of fused-ring (bicyclic) bond motifs is 1. The molecule has 0 bridgehead atoms. The van der Waals surface area contributed by atoms with Crippen molar-refractivity contribution in [2.75, 3.05) is 10.6 Å². The molecule has 1 atom stereocenters. The molecule has 0 aliphatic carbocycles. The van der Waals surface area contributed by atoms with E-state index in [1.165, 1.54) is 6.33 Å². The molecule has 0 amide bonds. The van der Waals surface area contributed by atoms with Crippen LogP contribution in [0.1, 0.15) is 0 Å². The van der Waals surface area contributed by atoms with Gasteiger partial charge >= 0.3 is 0 Å². The minimum Gasteiger partial charge on any atom is -0.354 e. The van der Waals surface area contributed by atoms with E-state index in [0.717, 1.165) is 6.29 Å². The van der Waals surface area contributed by atoms with E-state index in [1.807, 2.05) is 0 Å². The van der Waals surface area contributed by atoms with Crippen LogP contribution in [0.4, 0.5) is 11.5 Å². The molecule has 5 nitrogen and oxygen atoms in total. The SMILES string of the molecule is O=CC1Nc2ncnc(Cl)c2N1. The topological polar surface area (TPSA) is 66.9 Å². The second-order valence-corrected chi connectivity index (χ2v) is 2.65. The van der Waals surface area contributed by atoms with Gasteiger partial charge in [-0.2, -0.15) is 0 Å². The zero-order valence-electron chi connectivity index (χ0n) is 5.91. The monoisotopic (exact) mass is 184 g/mol. The average Bonchev–Trinajstić information content (AvgIpc) is 2.49. The molecule has 1 aromatic heterocycles. The zero-order valence-corrected chi connectivity index (χ0v) is 6.67. The highest BCUT2D eigenvalue weighted by molar-refractivity contribution is 6.32.